The minimum Gasteiger partial charge on any atom is -0.392 e. The lowest BCUT2D eigenvalue weighted by atomic mass is 10.2. The molecule has 0 saturated heterocycles. The Balaban J connectivity index is 2.10. The average Bonchev–Trinajstić information content (AvgIpc) is 2.99. The Labute approximate surface area is 132 Å². The molecule has 21 heavy (non-hydrogen) atoms. The van der Waals surface area contributed by atoms with Crippen LogP contribution in [0.2, 0.25) is 5.02 Å². The third kappa shape index (κ3) is 4.02. The molecule has 1 aromatic carbocycles. The summed E-state index contributed by atoms with van der Waals surface area (Å²) in [5.74, 6) is -0.00744. The molecule has 0 fully saturated rings. The number of thiazole rings is 1. The van der Waals surface area contributed by atoms with Gasteiger partial charge < -0.3 is 5.11 Å². The van der Waals surface area contributed by atoms with Gasteiger partial charge in [0.25, 0.3) is 0 Å². The van der Waals surface area contributed by atoms with Crippen molar-refractivity contribution in [3.63, 3.8) is 0 Å². The van der Waals surface area contributed by atoms with Gasteiger partial charge in [0.2, 0.25) is 10.0 Å². The standard InChI is InChI=1S/C13H15ClN2O3S2/c1-9(13-15-4-5-20-13)7-16-21(18,19)11-3-2-10(8-17)12(14)6-11/h2-6,9,16-17H,7-8H2,1H3. The number of aliphatic hydroxyl groups is 1. The van der Waals surface area contributed by atoms with Crippen LogP contribution in [0.25, 0.3) is 0 Å². The fourth-order valence-electron chi connectivity index (χ4n) is 1.71. The number of sulfonamides is 1. The van der Waals surface area contributed by atoms with Gasteiger partial charge in [-0.1, -0.05) is 24.6 Å². The van der Waals surface area contributed by atoms with Crippen LogP contribution in [-0.4, -0.2) is 25.1 Å². The Hall–Kier alpha value is -0.990. The maximum absolute atomic E-state index is 12.2. The van der Waals surface area contributed by atoms with E-state index in [-0.39, 0.29) is 29.0 Å². The molecule has 0 radical (unpaired) electrons. The molecule has 2 rings (SSSR count). The molecule has 1 atom stereocenters. The van der Waals surface area contributed by atoms with E-state index in [2.05, 4.69) is 9.71 Å². The quantitative estimate of drug-likeness (QED) is 0.841. The molecule has 0 bridgehead atoms. The van der Waals surface area contributed by atoms with E-state index in [0.29, 0.717) is 5.56 Å². The van der Waals surface area contributed by atoms with Crippen molar-refractivity contribution < 1.29 is 13.5 Å². The van der Waals surface area contributed by atoms with Crippen molar-refractivity contribution in [3.05, 3.63) is 45.4 Å². The molecule has 114 valence electrons. The number of hydrogen-bond acceptors (Lipinski definition) is 5. The van der Waals surface area contributed by atoms with Crippen molar-refractivity contribution in [2.75, 3.05) is 6.54 Å². The Kier molecular flexibility index (Phi) is 5.34. The molecule has 0 spiro atoms. The van der Waals surface area contributed by atoms with E-state index in [9.17, 15) is 8.42 Å². The zero-order chi connectivity index (χ0) is 15.5. The topological polar surface area (TPSA) is 79.3 Å². The number of nitrogens with one attached hydrogen (secondary N) is 1. The Morgan fingerprint density at radius 3 is 2.81 bits per heavy atom. The van der Waals surface area contributed by atoms with Crippen LogP contribution in [0.3, 0.4) is 0 Å². The number of halogens is 1. The fraction of sp³-hybridized carbons (Fsp3) is 0.308. The number of rotatable bonds is 6. The molecule has 0 saturated carbocycles. The third-order valence-corrected chi connectivity index (χ3v) is 5.74. The molecule has 5 nitrogen and oxygen atoms in total. The highest BCUT2D eigenvalue weighted by molar-refractivity contribution is 7.89. The molecule has 1 heterocycles. The average molecular weight is 347 g/mol. The van der Waals surface area contributed by atoms with Gasteiger partial charge >= 0.3 is 0 Å². The van der Waals surface area contributed by atoms with Crippen molar-refractivity contribution in [2.45, 2.75) is 24.3 Å². The molecule has 8 heteroatoms. The molecule has 2 N–H and O–H groups in total. The van der Waals surface area contributed by atoms with Gasteiger partial charge in [-0.2, -0.15) is 0 Å². The SMILES string of the molecule is CC(CNS(=O)(=O)c1ccc(CO)c(Cl)c1)c1nccs1. The lowest BCUT2D eigenvalue weighted by molar-refractivity contribution is 0.282. The summed E-state index contributed by atoms with van der Waals surface area (Å²) in [4.78, 5) is 4.24. The second-order valence-corrected chi connectivity index (χ2v) is 7.63. The predicted molar refractivity (Wildman–Crippen MR) is 83.1 cm³/mol. The van der Waals surface area contributed by atoms with Crippen LogP contribution in [-0.2, 0) is 16.6 Å². The fourth-order valence-corrected chi connectivity index (χ4v) is 3.87. The van der Waals surface area contributed by atoms with E-state index in [4.69, 9.17) is 16.7 Å². The molecule has 2 aromatic rings. The molecule has 1 unspecified atom stereocenters. The van der Waals surface area contributed by atoms with Gasteiger partial charge in [-0.3, -0.25) is 0 Å². The van der Waals surface area contributed by atoms with Gasteiger partial charge in [0.1, 0.15) is 0 Å². The van der Waals surface area contributed by atoms with Crippen molar-refractivity contribution >= 4 is 33.0 Å². The summed E-state index contributed by atoms with van der Waals surface area (Å²) in [5, 5.41) is 12.0. The third-order valence-electron chi connectivity index (χ3n) is 2.96. The lowest BCUT2D eigenvalue weighted by Crippen LogP contribution is -2.27. The molecule has 0 aliphatic heterocycles. The summed E-state index contributed by atoms with van der Waals surface area (Å²) < 4.78 is 27.0. The summed E-state index contributed by atoms with van der Waals surface area (Å²) in [5.41, 5.74) is 0.492. The monoisotopic (exact) mass is 346 g/mol. The van der Waals surface area contributed by atoms with E-state index in [1.807, 2.05) is 12.3 Å². The lowest BCUT2D eigenvalue weighted by Gasteiger charge is -2.11. The van der Waals surface area contributed by atoms with E-state index in [1.54, 1.807) is 6.20 Å². The Morgan fingerprint density at radius 2 is 2.24 bits per heavy atom. The zero-order valence-corrected chi connectivity index (χ0v) is 13.7. The van der Waals surface area contributed by atoms with Gasteiger partial charge in [0.05, 0.1) is 16.5 Å². The number of nitrogens with zero attached hydrogens (tertiary/aromatic N) is 1. The van der Waals surface area contributed by atoms with Crippen LogP contribution in [0.1, 0.15) is 23.4 Å². The smallest absolute Gasteiger partial charge is 0.240 e. The van der Waals surface area contributed by atoms with Crippen LogP contribution in [0, 0.1) is 0 Å². The molecular weight excluding hydrogens is 332 g/mol. The first-order valence-electron chi connectivity index (χ1n) is 6.22. The number of aromatic nitrogens is 1. The van der Waals surface area contributed by atoms with Gasteiger partial charge in [0, 0.05) is 29.1 Å². The number of benzene rings is 1. The largest absolute Gasteiger partial charge is 0.392 e. The molecule has 0 aliphatic carbocycles. The van der Waals surface area contributed by atoms with Crippen LogP contribution in [0.4, 0.5) is 0 Å². The van der Waals surface area contributed by atoms with E-state index < -0.39 is 10.0 Å². The predicted octanol–water partition coefficient (Wildman–Crippen LogP) is 2.37. The maximum Gasteiger partial charge on any atom is 0.240 e. The van der Waals surface area contributed by atoms with Crippen molar-refractivity contribution in [1.82, 2.24) is 9.71 Å². The Morgan fingerprint density at radius 1 is 1.48 bits per heavy atom. The van der Waals surface area contributed by atoms with E-state index in [0.717, 1.165) is 5.01 Å². The maximum atomic E-state index is 12.2. The molecular formula is C13H15ClN2O3S2. The highest BCUT2D eigenvalue weighted by Crippen LogP contribution is 2.22. The zero-order valence-electron chi connectivity index (χ0n) is 11.3. The van der Waals surface area contributed by atoms with Gasteiger partial charge in [-0.25, -0.2) is 18.1 Å². The summed E-state index contributed by atoms with van der Waals surface area (Å²) in [6, 6.07) is 4.26. The summed E-state index contributed by atoms with van der Waals surface area (Å²) in [6.07, 6.45) is 1.69. The minimum absolute atomic E-state index is 0.00744. The number of aliphatic hydroxyl groups excluding tert-OH is 1. The van der Waals surface area contributed by atoms with E-state index in [1.165, 1.54) is 29.5 Å². The first-order chi connectivity index (χ1) is 9.94. The van der Waals surface area contributed by atoms with Gasteiger partial charge in [-0.05, 0) is 17.7 Å². The van der Waals surface area contributed by atoms with Crippen LogP contribution >= 0.6 is 22.9 Å². The Bertz CT molecular complexity index is 702. The van der Waals surface area contributed by atoms with E-state index >= 15 is 0 Å². The minimum atomic E-state index is -3.63. The first kappa shape index (κ1) is 16.4. The second-order valence-electron chi connectivity index (χ2n) is 4.53. The molecule has 0 amide bonds. The van der Waals surface area contributed by atoms with Gasteiger partial charge in [-0.15, -0.1) is 11.3 Å². The van der Waals surface area contributed by atoms with Crippen molar-refractivity contribution in [3.8, 4) is 0 Å². The first-order valence-corrected chi connectivity index (χ1v) is 8.96. The molecule has 0 aliphatic rings. The second kappa shape index (κ2) is 6.85. The van der Waals surface area contributed by atoms with Crippen molar-refractivity contribution in [1.29, 1.82) is 0 Å². The highest BCUT2D eigenvalue weighted by atomic mass is 35.5. The normalized spacial score (nSPS) is 13.3. The number of hydrogen-bond donors (Lipinski definition) is 2. The highest BCUT2D eigenvalue weighted by Gasteiger charge is 2.18. The van der Waals surface area contributed by atoms with Crippen molar-refractivity contribution in [2.24, 2.45) is 0 Å². The summed E-state index contributed by atoms with van der Waals surface area (Å²) in [6.45, 7) is 1.94. The van der Waals surface area contributed by atoms with Gasteiger partial charge in [0.15, 0.2) is 0 Å². The van der Waals surface area contributed by atoms with Crippen LogP contribution in [0.15, 0.2) is 34.7 Å². The molecule has 1 aromatic heterocycles. The van der Waals surface area contributed by atoms with Crippen LogP contribution in [0.5, 0.6) is 0 Å². The summed E-state index contributed by atoms with van der Waals surface area (Å²) in [7, 11) is -3.63. The van der Waals surface area contributed by atoms with Crippen LogP contribution < -0.4 is 4.72 Å². The summed E-state index contributed by atoms with van der Waals surface area (Å²) >= 11 is 7.41.